The number of hydrogen-bond acceptors (Lipinski definition) is 6. The molecule has 6 heteroatoms. The monoisotopic (exact) mass is 413 g/mol. The maximum absolute atomic E-state index is 12.8. The Morgan fingerprint density at radius 3 is 2.50 bits per heavy atom. The van der Waals surface area contributed by atoms with E-state index in [1.54, 1.807) is 18.2 Å². The van der Waals surface area contributed by atoms with Crippen LogP contribution in [0.2, 0.25) is 0 Å². The molecule has 30 heavy (non-hydrogen) atoms. The van der Waals surface area contributed by atoms with Gasteiger partial charge in [0.1, 0.15) is 22.8 Å². The number of para-hydroxylation sites is 1. The number of aromatic hydroxyl groups is 1. The molecule has 0 saturated heterocycles. The average molecular weight is 413 g/mol. The predicted molar refractivity (Wildman–Crippen MR) is 115 cm³/mol. The van der Waals surface area contributed by atoms with Gasteiger partial charge in [-0.3, -0.25) is 4.79 Å². The van der Waals surface area contributed by atoms with Crippen LogP contribution in [0.25, 0.3) is 22.2 Å². The number of carbonyl (C=O) groups excluding carboxylic acids is 1. The minimum Gasteiger partial charge on any atom is -0.508 e. The van der Waals surface area contributed by atoms with Crippen LogP contribution < -0.4 is 4.74 Å². The van der Waals surface area contributed by atoms with Gasteiger partial charge in [0, 0.05) is 22.4 Å². The van der Waals surface area contributed by atoms with E-state index in [-0.39, 0.29) is 17.3 Å². The van der Waals surface area contributed by atoms with Crippen molar-refractivity contribution in [2.24, 2.45) is 0 Å². The van der Waals surface area contributed by atoms with E-state index < -0.39 is 0 Å². The Labute approximate surface area is 175 Å². The number of furan rings is 1. The van der Waals surface area contributed by atoms with Crippen molar-refractivity contribution in [3.05, 3.63) is 95.0 Å². The molecule has 0 fully saturated rings. The fourth-order valence-corrected chi connectivity index (χ4v) is 3.84. The molecular weight excluding hydrogens is 398 g/mol. The highest BCUT2D eigenvalue weighted by Gasteiger charge is 2.19. The molecule has 1 N–H and O–H groups in total. The van der Waals surface area contributed by atoms with Gasteiger partial charge >= 0.3 is 0 Å². The van der Waals surface area contributed by atoms with Crippen molar-refractivity contribution in [2.75, 3.05) is 0 Å². The molecule has 5 nitrogen and oxygen atoms in total. The molecule has 0 saturated carbocycles. The van der Waals surface area contributed by atoms with Crippen molar-refractivity contribution >= 4 is 28.1 Å². The number of hydrogen-bond donors (Lipinski definition) is 1. The molecule has 0 unspecified atom stereocenters. The number of ketones is 1. The van der Waals surface area contributed by atoms with Crippen molar-refractivity contribution in [3.63, 3.8) is 0 Å². The zero-order valence-electron chi connectivity index (χ0n) is 15.6. The molecule has 0 atom stereocenters. The first-order valence-electron chi connectivity index (χ1n) is 9.22. The number of ether oxygens (including phenoxy) is 1. The molecule has 2 aromatic heterocycles. The second kappa shape index (κ2) is 7.50. The van der Waals surface area contributed by atoms with Crippen LogP contribution in [0.15, 0.2) is 88.7 Å². The van der Waals surface area contributed by atoms with Gasteiger partial charge in [-0.25, -0.2) is 4.98 Å². The topological polar surface area (TPSA) is 72.6 Å². The van der Waals surface area contributed by atoms with Crippen LogP contribution in [0.3, 0.4) is 0 Å². The Morgan fingerprint density at radius 2 is 1.70 bits per heavy atom. The molecule has 146 valence electrons. The minimum atomic E-state index is -0.286. The van der Waals surface area contributed by atoms with Crippen LogP contribution >= 0.6 is 11.3 Å². The standard InChI is InChI=1S/C24H15NO4S/c26-17-9-6-16-12-22(29-21(16)13-17)23(27)24-25-20(14-30-24)15-7-10-19(11-8-15)28-18-4-2-1-3-5-18/h1-14,26H. The summed E-state index contributed by atoms with van der Waals surface area (Å²) < 4.78 is 11.4. The highest BCUT2D eigenvalue weighted by atomic mass is 32.1. The SMILES string of the molecule is O=C(c1cc2ccc(O)cc2o1)c1nc(-c2ccc(Oc3ccccc3)cc2)cs1. The van der Waals surface area contributed by atoms with E-state index in [0.717, 1.165) is 22.4 Å². The lowest BCUT2D eigenvalue weighted by molar-refractivity contribution is 0.101. The Bertz CT molecular complexity index is 1340. The lowest BCUT2D eigenvalue weighted by Crippen LogP contribution is -1.98. The molecule has 3 aromatic carbocycles. The minimum absolute atomic E-state index is 0.0899. The van der Waals surface area contributed by atoms with E-state index in [2.05, 4.69) is 4.98 Å². The van der Waals surface area contributed by atoms with Gasteiger partial charge in [0.2, 0.25) is 0 Å². The van der Waals surface area contributed by atoms with Crippen LogP contribution in [0, 0.1) is 0 Å². The fourth-order valence-electron chi connectivity index (χ4n) is 3.07. The van der Waals surface area contributed by atoms with E-state index in [0.29, 0.717) is 16.3 Å². The molecule has 5 rings (SSSR count). The number of carbonyl (C=O) groups is 1. The van der Waals surface area contributed by atoms with Gasteiger partial charge < -0.3 is 14.3 Å². The predicted octanol–water partition coefficient (Wildman–Crippen LogP) is 6.29. The third-order valence-corrected chi connectivity index (χ3v) is 5.40. The summed E-state index contributed by atoms with van der Waals surface area (Å²) in [5.41, 5.74) is 2.06. The zero-order valence-corrected chi connectivity index (χ0v) is 16.4. The van der Waals surface area contributed by atoms with Crippen LogP contribution in [0.4, 0.5) is 0 Å². The molecule has 0 aliphatic heterocycles. The van der Waals surface area contributed by atoms with E-state index >= 15 is 0 Å². The normalized spacial score (nSPS) is 10.9. The summed E-state index contributed by atoms with van der Waals surface area (Å²) in [5, 5.41) is 12.5. The number of phenols is 1. The number of rotatable bonds is 5. The summed E-state index contributed by atoms with van der Waals surface area (Å²) in [5.74, 6) is 1.49. The summed E-state index contributed by atoms with van der Waals surface area (Å²) in [6.45, 7) is 0. The number of nitrogens with zero attached hydrogens (tertiary/aromatic N) is 1. The maximum Gasteiger partial charge on any atom is 0.256 e. The number of thiazole rings is 1. The molecule has 5 aromatic rings. The van der Waals surface area contributed by atoms with Gasteiger partial charge in [-0.2, -0.15) is 0 Å². The summed E-state index contributed by atoms with van der Waals surface area (Å²) in [6, 6.07) is 23.5. The third-order valence-electron chi connectivity index (χ3n) is 4.55. The molecule has 0 aliphatic carbocycles. The lowest BCUT2D eigenvalue weighted by Gasteiger charge is -2.05. The zero-order chi connectivity index (χ0) is 20.5. The smallest absolute Gasteiger partial charge is 0.256 e. The van der Waals surface area contributed by atoms with Gasteiger partial charge in [-0.15, -0.1) is 11.3 Å². The van der Waals surface area contributed by atoms with Gasteiger partial charge in [-0.1, -0.05) is 18.2 Å². The third kappa shape index (κ3) is 3.56. The Balaban J connectivity index is 1.36. The van der Waals surface area contributed by atoms with Crippen molar-refractivity contribution in [3.8, 4) is 28.5 Å². The largest absolute Gasteiger partial charge is 0.508 e. The molecule has 0 amide bonds. The highest BCUT2D eigenvalue weighted by molar-refractivity contribution is 7.12. The van der Waals surface area contributed by atoms with Crippen LogP contribution in [-0.4, -0.2) is 15.9 Å². The molecule has 2 heterocycles. The number of phenolic OH excluding ortho intramolecular Hbond substituents is 1. The van der Waals surface area contributed by atoms with Gasteiger partial charge in [0.05, 0.1) is 5.69 Å². The second-order valence-corrected chi connectivity index (χ2v) is 7.50. The summed E-state index contributed by atoms with van der Waals surface area (Å²) >= 11 is 1.27. The summed E-state index contributed by atoms with van der Waals surface area (Å²) in [4.78, 5) is 17.3. The van der Waals surface area contributed by atoms with E-state index in [1.165, 1.54) is 17.4 Å². The molecule has 0 radical (unpaired) electrons. The van der Waals surface area contributed by atoms with E-state index in [4.69, 9.17) is 9.15 Å². The number of benzene rings is 3. The number of fused-ring (bicyclic) bond motifs is 1. The molecular formula is C24H15NO4S. The van der Waals surface area contributed by atoms with Gasteiger partial charge in [-0.05, 0) is 54.6 Å². The highest BCUT2D eigenvalue weighted by Crippen LogP contribution is 2.29. The first kappa shape index (κ1) is 18.1. The van der Waals surface area contributed by atoms with Crippen LogP contribution in [-0.2, 0) is 0 Å². The van der Waals surface area contributed by atoms with Crippen molar-refractivity contribution in [1.29, 1.82) is 0 Å². The molecule has 0 aliphatic rings. The summed E-state index contributed by atoms with van der Waals surface area (Å²) in [7, 11) is 0. The van der Waals surface area contributed by atoms with Gasteiger partial charge in [0.25, 0.3) is 5.78 Å². The van der Waals surface area contributed by atoms with Crippen molar-refractivity contribution < 1.29 is 19.1 Å². The maximum atomic E-state index is 12.8. The van der Waals surface area contributed by atoms with Crippen molar-refractivity contribution in [1.82, 2.24) is 4.98 Å². The van der Waals surface area contributed by atoms with Crippen molar-refractivity contribution in [2.45, 2.75) is 0 Å². The van der Waals surface area contributed by atoms with E-state index in [9.17, 15) is 9.90 Å². The number of aromatic nitrogens is 1. The Kier molecular flexibility index (Phi) is 4.53. The van der Waals surface area contributed by atoms with E-state index in [1.807, 2.05) is 60.0 Å². The Morgan fingerprint density at radius 1 is 0.933 bits per heavy atom. The Hall–Kier alpha value is -3.90. The summed E-state index contributed by atoms with van der Waals surface area (Å²) in [6.07, 6.45) is 0. The first-order chi connectivity index (χ1) is 14.7. The quantitative estimate of drug-likeness (QED) is 0.343. The fraction of sp³-hybridized carbons (Fsp3) is 0. The second-order valence-electron chi connectivity index (χ2n) is 6.64. The lowest BCUT2D eigenvalue weighted by atomic mass is 10.1. The average Bonchev–Trinajstić information content (AvgIpc) is 3.42. The van der Waals surface area contributed by atoms with Gasteiger partial charge in [0.15, 0.2) is 10.8 Å². The van der Waals surface area contributed by atoms with Crippen LogP contribution in [0.5, 0.6) is 17.2 Å². The molecule has 0 bridgehead atoms. The molecule has 0 spiro atoms. The van der Waals surface area contributed by atoms with Crippen LogP contribution in [0.1, 0.15) is 15.6 Å². The first-order valence-corrected chi connectivity index (χ1v) is 10.1.